The van der Waals surface area contributed by atoms with Crippen molar-refractivity contribution in [3.63, 3.8) is 0 Å². The standard InChI is InChI=1S/C12H12ClFN2O4S/c1-2-10-12(18)15-11(17)6-16(10)21(19,20)7-3-4-9(14)8(13)5-7/h3-5,10H,2,6H2,1H3,(H,15,17,18). The maximum Gasteiger partial charge on any atom is 0.245 e. The van der Waals surface area contributed by atoms with Crippen LogP contribution < -0.4 is 5.32 Å². The number of imide groups is 1. The van der Waals surface area contributed by atoms with Crippen molar-refractivity contribution in [2.24, 2.45) is 0 Å². The van der Waals surface area contributed by atoms with Gasteiger partial charge in [0.1, 0.15) is 11.9 Å². The fourth-order valence-corrected chi connectivity index (χ4v) is 3.95. The van der Waals surface area contributed by atoms with E-state index in [1.165, 1.54) is 0 Å². The molecular formula is C12H12ClFN2O4S. The van der Waals surface area contributed by atoms with Crippen LogP contribution in [-0.2, 0) is 19.6 Å². The second kappa shape index (κ2) is 5.70. The Morgan fingerprint density at radius 1 is 1.43 bits per heavy atom. The molecule has 9 heteroatoms. The number of carbonyl (C=O) groups is 2. The van der Waals surface area contributed by atoms with Crippen molar-refractivity contribution >= 4 is 33.4 Å². The molecule has 6 nitrogen and oxygen atoms in total. The first kappa shape index (κ1) is 15.9. The van der Waals surface area contributed by atoms with Gasteiger partial charge in [-0.25, -0.2) is 12.8 Å². The van der Waals surface area contributed by atoms with Crippen LogP contribution in [0.4, 0.5) is 4.39 Å². The largest absolute Gasteiger partial charge is 0.294 e. The summed E-state index contributed by atoms with van der Waals surface area (Å²) in [6.07, 6.45) is 0.202. The molecule has 0 bridgehead atoms. The fraction of sp³-hybridized carbons (Fsp3) is 0.333. The Labute approximate surface area is 125 Å². The Hall–Kier alpha value is -1.51. The van der Waals surface area contributed by atoms with Gasteiger partial charge in [0, 0.05) is 0 Å². The van der Waals surface area contributed by atoms with E-state index in [0.29, 0.717) is 0 Å². The van der Waals surface area contributed by atoms with Gasteiger partial charge in [-0.1, -0.05) is 18.5 Å². The SMILES string of the molecule is CCC1C(=O)NC(=O)CN1S(=O)(=O)c1ccc(F)c(Cl)c1. The maximum absolute atomic E-state index is 13.1. The van der Waals surface area contributed by atoms with Crippen molar-refractivity contribution in [2.45, 2.75) is 24.3 Å². The number of carbonyl (C=O) groups excluding carboxylic acids is 2. The van der Waals surface area contributed by atoms with Gasteiger partial charge in [0.25, 0.3) is 0 Å². The topological polar surface area (TPSA) is 83.6 Å². The minimum absolute atomic E-state index is 0.202. The molecule has 1 aromatic carbocycles. The average Bonchev–Trinajstić information content (AvgIpc) is 2.41. The first-order valence-corrected chi connectivity index (χ1v) is 7.89. The van der Waals surface area contributed by atoms with Crippen LogP contribution in [0, 0.1) is 5.82 Å². The molecule has 1 aromatic rings. The molecule has 0 radical (unpaired) electrons. The van der Waals surface area contributed by atoms with Gasteiger partial charge in [0.2, 0.25) is 21.8 Å². The van der Waals surface area contributed by atoms with E-state index < -0.39 is 40.2 Å². The zero-order chi connectivity index (χ0) is 15.8. The second-order valence-corrected chi connectivity index (χ2v) is 6.76. The van der Waals surface area contributed by atoms with Gasteiger partial charge < -0.3 is 0 Å². The Balaban J connectivity index is 2.47. The van der Waals surface area contributed by atoms with Crippen molar-refractivity contribution in [1.82, 2.24) is 9.62 Å². The van der Waals surface area contributed by atoms with E-state index in [1.54, 1.807) is 6.92 Å². The van der Waals surface area contributed by atoms with E-state index in [4.69, 9.17) is 11.6 Å². The monoisotopic (exact) mass is 334 g/mol. The van der Waals surface area contributed by atoms with Gasteiger partial charge in [0.15, 0.2) is 0 Å². The van der Waals surface area contributed by atoms with Gasteiger partial charge in [-0.3, -0.25) is 14.9 Å². The molecule has 1 unspecified atom stereocenters. The third-order valence-corrected chi connectivity index (χ3v) is 5.24. The summed E-state index contributed by atoms with van der Waals surface area (Å²) in [5, 5.41) is 1.73. The molecule has 0 aliphatic carbocycles. The van der Waals surface area contributed by atoms with Crippen LogP contribution in [0.5, 0.6) is 0 Å². The lowest BCUT2D eigenvalue weighted by Crippen LogP contribution is -2.59. The highest BCUT2D eigenvalue weighted by Gasteiger charge is 2.40. The van der Waals surface area contributed by atoms with Gasteiger partial charge in [0.05, 0.1) is 16.5 Å². The molecule has 2 amide bonds. The minimum Gasteiger partial charge on any atom is -0.294 e. The van der Waals surface area contributed by atoms with Crippen LogP contribution in [0.2, 0.25) is 5.02 Å². The lowest BCUT2D eigenvalue weighted by molar-refractivity contribution is -0.137. The number of nitrogens with zero attached hydrogens (tertiary/aromatic N) is 1. The molecule has 21 heavy (non-hydrogen) atoms. The Morgan fingerprint density at radius 3 is 2.67 bits per heavy atom. The predicted molar refractivity (Wildman–Crippen MR) is 72.5 cm³/mol. The summed E-state index contributed by atoms with van der Waals surface area (Å²) in [4.78, 5) is 22.9. The summed E-state index contributed by atoms with van der Waals surface area (Å²) in [6.45, 7) is 1.15. The highest BCUT2D eigenvalue weighted by molar-refractivity contribution is 7.89. The summed E-state index contributed by atoms with van der Waals surface area (Å²) < 4.78 is 39.0. The molecule has 1 aliphatic heterocycles. The third kappa shape index (κ3) is 2.92. The molecule has 1 heterocycles. The minimum atomic E-state index is -4.13. The smallest absolute Gasteiger partial charge is 0.245 e. The van der Waals surface area contributed by atoms with E-state index in [1.807, 2.05) is 0 Å². The molecule has 114 valence electrons. The number of halogens is 2. The number of benzene rings is 1. The second-order valence-electron chi connectivity index (χ2n) is 4.46. The summed E-state index contributed by atoms with van der Waals surface area (Å²) in [6, 6.07) is 1.93. The predicted octanol–water partition coefficient (Wildman–Crippen LogP) is 0.905. The summed E-state index contributed by atoms with van der Waals surface area (Å²) in [5.74, 6) is -2.14. The highest BCUT2D eigenvalue weighted by Crippen LogP contribution is 2.25. The molecule has 0 spiro atoms. The van der Waals surface area contributed by atoms with Gasteiger partial charge in [-0.2, -0.15) is 4.31 Å². The number of rotatable bonds is 3. The molecule has 0 saturated carbocycles. The number of hydrogen-bond acceptors (Lipinski definition) is 4. The first-order chi connectivity index (χ1) is 9.77. The van der Waals surface area contributed by atoms with E-state index in [2.05, 4.69) is 5.32 Å². The lowest BCUT2D eigenvalue weighted by atomic mass is 10.2. The van der Waals surface area contributed by atoms with Crippen LogP contribution in [0.15, 0.2) is 23.1 Å². The fourth-order valence-electron chi connectivity index (χ4n) is 2.06. The molecule has 1 saturated heterocycles. The first-order valence-electron chi connectivity index (χ1n) is 6.08. The summed E-state index contributed by atoms with van der Waals surface area (Å²) in [7, 11) is -4.13. The van der Waals surface area contributed by atoms with Crippen molar-refractivity contribution in [2.75, 3.05) is 6.54 Å². The summed E-state index contributed by atoms with van der Waals surface area (Å²) >= 11 is 5.58. The van der Waals surface area contributed by atoms with E-state index >= 15 is 0 Å². The quantitative estimate of drug-likeness (QED) is 0.833. The maximum atomic E-state index is 13.1. The van der Waals surface area contributed by atoms with E-state index in [-0.39, 0.29) is 16.3 Å². The van der Waals surface area contributed by atoms with E-state index in [9.17, 15) is 22.4 Å². The molecule has 0 aromatic heterocycles. The third-order valence-electron chi connectivity index (χ3n) is 3.10. The zero-order valence-corrected chi connectivity index (χ0v) is 12.5. The van der Waals surface area contributed by atoms with Crippen molar-refractivity contribution < 1.29 is 22.4 Å². The molecule has 2 rings (SSSR count). The summed E-state index contributed by atoms with van der Waals surface area (Å²) in [5.41, 5.74) is 0. The Morgan fingerprint density at radius 2 is 2.10 bits per heavy atom. The van der Waals surface area contributed by atoms with Crippen molar-refractivity contribution in [3.05, 3.63) is 29.0 Å². The molecule has 1 N–H and O–H groups in total. The number of hydrogen-bond donors (Lipinski definition) is 1. The van der Waals surface area contributed by atoms with Gasteiger partial charge in [-0.15, -0.1) is 0 Å². The van der Waals surface area contributed by atoms with Crippen LogP contribution in [0.3, 0.4) is 0 Å². The highest BCUT2D eigenvalue weighted by atomic mass is 35.5. The van der Waals surface area contributed by atoms with Crippen LogP contribution in [-0.4, -0.2) is 37.1 Å². The number of sulfonamides is 1. The molecule has 1 atom stereocenters. The van der Waals surface area contributed by atoms with Crippen LogP contribution in [0.1, 0.15) is 13.3 Å². The van der Waals surface area contributed by atoms with Gasteiger partial charge >= 0.3 is 0 Å². The molecule has 1 aliphatic rings. The van der Waals surface area contributed by atoms with Crippen LogP contribution in [0.25, 0.3) is 0 Å². The molecular weight excluding hydrogens is 323 g/mol. The number of nitrogens with one attached hydrogen (secondary N) is 1. The average molecular weight is 335 g/mol. The van der Waals surface area contributed by atoms with E-state index in [0.717, 1.165) is 22.5 Å². The zero-order valence-electron chi connectivity index (χ0n) is 11.0. The van der Waals surface area contributed by atoms with Crippen molar-refractivity contribution in [3.8, 4) is 0 Å². The Kier molecular flexibility index (Phi) is 4.31. The number of amides is 2. The lowest BCUT2D eigenvalue weighted by Gasteiger charge is -2.32. The normalized spacial score (nSPS) is 20.4. The van der Waals surface area contributed by atoms with Gasteiger partial charge in [-0.05, 0) is 24.6 Å². The Bertz CT molecular complexity index is 707. The molecule has 1 fully saturated rings. The number of piperazine rings is 1. The van der Waals surface area contributed by atoms with Crippen molar-refractivity contribution in [1.29, 1.82) is 0 Å². The van der Waals surface area contributed by atoms with Crippen LogP contribution >= 0.6 is 11.6 Å².